The van der Waals surface area contributed by atoms with E-state index in [4.69, 9.17) is 5.11 Å². The molecule has 0 aromatic heterocycles. The van der Waals surface area contributed by atoms with E-state index in [0.717, 1.165) is 19.5 Å². The topological polar surface area (TPSA) is 69.6 Å². The number of carbonyl (C=O) groups excluding carboxylic acids is 1. The number of carboxylic acid groups (broad SMARTS) is 1. The predicted octanol–water partition coefficient (Wildman–Crippen LogP) is 1.35. The van der Waals surface area contributed by atoms with Crippen LogP contribution in [0.15, 0.2) is 30.3 Å². The van der Waals surface area contributed by atoms with Gasteiger partial charge in [0, 0.05) is 13.1 Å². The highest BCUT2D eigenvalue weighted by atomic mass is 16.4. The van der Waals surface area contributed by atoms with Gasteiger partial charge in [-0.1, -0.05) is 30.3 Å². The van der Waals surface area contributed by atoms with Crippen molar-refractivity contribution in [2.24, 2.45) is 11.8 Å². The maximum atomic E-state index is 11.7. The summed E-state index contributed by atoms with van der Waals surface area (Å²) in [5.41, 5.74) is 1.27. The second-order valence-electron chi connectivity index (χ2n) is 5.65. The number of carbonyl (C=O) groups is 2. The van der Waals surface area contributed by atoms with Crippen molar-refractivity contribution in [3.05, 3.63) is 35.9 Å². The van der Waals surface area contributed by atoms with Crippen LogP contribution in [0.4, 0.5) is 0 Å². The molecule has 5 heteroatoms. The van der Waals surface area contributed by atoms with Crippen LogP contribution in [0.1, 0.15) is 18.4 Å². The SMILES string of the molecule is CN(CCCNC(=O)C1CC1C(=O)O)Cc1ccccc1. The molecule has 1 saturated carbocycles. The second kappa shape index (κ2) is 7.22. The van der Waals surface area contributed by atoms with E-state index < -0.39 is 11.9 Å². The fourth-order valence-electron chi connectivity index (χ4n) is 2.42. The molecule has 0 heterocycles. The van der Waals surface area contributed by atoms with Crippen molar-refractivity contribution < 1.29 is 14.7 Å². The van der Waals surface area contributed by atoms with Crippen LogP contribution < -0.4 is 5.32 Å². The quantitative estimate of drug-likeness (QED) is 0.709. The average molecular weight is 290 g/mol. The molecule has 1 aliphatic rings. The largest absolute Gasteiger partial charge is 0.481 e. The molecule has 0 saturated heterocycles. The highest BCUT2D eigenvalue weighted by Crippen LogP contribution is 2.38. The van der Waals surface area contributed by atoms with E-state index in [0.29, 0.717) is 13.0 Å². The van der Waals surface area contributed by atoms with Crippen LogP contribution in [-0.2, 0) is 16.1 Å². The first-order chi connectivity index (χ1) is 10.1. The molecule has 2 atom stereocenters. The number of hydrogen-bond acceptors (Lipinski definition) is 3. The van der Waals surface area contributed by atoms with Crippen LogP contribution in [0, 0.1) is 11.8 Å². The maximum absolute atomic E-state index is 11.7. The van der Waals surface area contributed by atoms with Crippen molar-refractivity contribution in [3.8, 4) is 0 Å². The minimum atomic E-state index is -0.863. The van der Waals surface area contributed by atoms with E-state index in [-0.39, 0.29) is 11.8 Å². The van der Waals surface area contributed by atoms with Gasteiger partial charge in [0.1, 0.15) is 0 Å². The highest BCUT2D eigenvalue weighted by Gasteiger charge is 2.48. The molecule has 21 heavy (non-hydrogen) atoms. The first-order valence-corrected chi connectivity index (χ1v) is 7.31. The van der Waals surface area contributed by atoms with Crippen molar-refractivity contribution in [2.75, 3.05) is 20.1 Å². The van der Waals surface area contributed by atoms with Gasteiger partial charge in [-0.2, -0.15) is 0 Å². The summed E-state index contributed by atoms with van der Waals surface area (Å²) >= 11 is 0. The molecular formula is C16H22N2O3. The van der Waals surface area contributed by atoms with Crippen molar-refractivity contribution in [1.29, 1.82) is 0 Å². The Morgan fingerprint density at radius 3 is 2.62 bits per heavy atom. The molecule has 1 amide bonds. The third kappa shape index (κ3) is 4.86. The Bertz CT molecular complexity index is 490. The van der Waals surface area contributed by atoms with E-state index in [1.165, 1.54) is 5.56 Å². The summed E-state index contributed by atoms with van der Waals surface area (Å²) in [5, 5.41) is 11.6. The molecular weight excluding hydrogens is 268 g/mol. The van der Waals surface area contributed by atoms with Gasteiger partial charge in [0.25, 0.3) is 0 Å². The number of aliphatic carboxylic acids is 1. The van der Waals surface area contributed by atoms with Crippen LogP contribution >= 0.6 is 0 Å². The molecule has 1 aliphatic carbocycles. The zero-order chi connectivity index (χ0) is 15.2. The zero-order valence-corrected chi connectivity index (χ0v) is 12.3. The van der Waals surface area contributed by atoms with Gasteiger partial charge >= 0.3 is 5.97 Å². The van der Waals surface area contributed by atoms with Crippen LogP contribution in [0.3, 0.4) is 0 Å². The van der Waals surface area contributed by atoms with Gasteiger partial charge in [0.2, 0.25) is 5.91 Å². The van der Waals surface area contributed by atoms with Crippen LogP contribution in [0.5, 0.6) is 0 Å². The maximum Gasteiger partial charge on any atom is 0.307 e. The van der Waals surface area contributed by atoms with Crippen molar-refractivity contribution in [1.82, 2.24) is 10.2 Å². The van der Waals surface area contributed by atoms with Crippen LogP contribution in [-0.4, -0.2) is 42.0 Å². The van der Waals surface area contributed by atoms with Crippen LogP contribution in [0.25, 0.3) is 0 Å². The van der Waals surface area contributed by atoms with Gasteiger partial charge in [-0.3, -0.25) is 9.59 Å². The van der Waals surface area contributed by atoms with Gasteiger partial charge < -0.3 is 15.3 Å². The first kappa shape index (κ1) is 15.5. The predicted molar refractivity (Wildman–Crippen MR) is 79.6 cm³/mol. The Labute approximate surface area is 125 Å². The molecule has 0 radical (unpaired) electrons. The lowest BCUT2D eigenvalue weighted by molar-refractivity contribution is -0.140. The van der Waals surface area contributed by atoms with Crippen molar-refractivity contribution in [3.63, 3.8) is 0 Å². The molecule has 114 valence electrons. The smallest absolute Gasteiger partial charge is 0.307 e. The minimum absolute atomic E-state index is 0.117. The molecule has 0 aliphatic heterocycles. The van der Waals surface area contributed by atoms with E-state index in [1.807, 2.05) is 18.2 Å². The molecule has 5 nitrogen and oxygen atoms in total. The van der Waals surface area contributed by atoms with Gasteiger partial charge in [-0.05, 0) is 32.0 Å². The molecule has 1 aromatic rings. The van der Waals surface area contributed by atoms with Gasteiger partial charge in [0.05, 0.1) is 11.8 Å². The number of rotatable bonds is 8. The lowest BCUT2D eigenvalue weighted by atomic mass is 10.2. The number of carboxylic acids is 1. The summed E-state index contributed by atoms with van der Waals surface area (Å²) in [4.78, 5) is 24.6. The summed E-state index contributed by atoms with van der Waals surface area (Å²) in [6, 6.07) is 10.2. The summed E-state index contributed by atoms with van der Waals surface area (Å²) in [6.45, 7) is 2.38. The molecule has 1 fully saturated rings. The Morgan fingerprint density at radius 2 is 2.00 bits per heavy atom. The monoisotopic (exact) mass is 290 g/mol. The van der Waals surface area contributed by atoms with E-state index in [9.17, 15) is 9.59 Å². The van der Waals surface area contributed by atoms with Crippen molar-refractivity contribution in [2.45, 2.75) is 19.4 Å². The lowest BCUT2D eigenvalue weighted by Crippen LogP contribution is -2.30. The standard InChI is InChI=1S/C16H22N2O3/c1-18(11-12-6-3-2-4-7-12)9-5-8-17-15(19)13-10-14(13)16(20)21/h2-4,6-7,13-14H,5,8-11H2,1H3,(H,17,19)(H,20,21). The fourth-order valence-corrected chi connectivity index (χ4v) is 2.42. The summed E-state index contributed by atoms with van der Waals surface area (Å²) in [7, 11) is 2.05. The Kier molecular flexibility index (Phi) is 5.33. The Balaban J connectivity index is 1.57. The first-order valence-electron chi connectivity index (χ1n) is 7.31. The molecule has 0 bridgehead atoms. The molecule has 2 unspecified atom stereocenters. The Hall–Kier alpha value is -1.88. The molecule has 1 aromatic carbocycles. The number of nitrogens with one attached hydrogen (secondary N) is 1. The second-order valence-corrected chi connectivity index (χ2v) is 5.65. The zero-order valence-electron chi connectivity index (χ0n) is 12.3. The Morgan fingerprint density at radius 1 is 1.29 bits per heavy atom. The van der Waals surface area contributed by atoms with Crippen molar-refractivity contribution >= 4 is 11.9 Å². The van der Waals surface area contributed by atoms with Crippen LogP contribution in [0.2, 0.25) is 0 Å². The minimum Gasteiger partial charge on any atom is -0.481 e. The normalized spacial score (nSPS) is 20.3. The molecule has 0 spiro atoms. The summed E-state index contributed by atoms with van der Waals surface area (Å²) < 4.78 is 0. The number of nitrogens with zero attached hydrogens (tertiary/aromatic N) is 1. The summed E-state index contributed by atoms with van der Waals surface area (Å²) in [6.07, 6.45) is 1.34. The fraction of sp³-hybridized carbons (Fsp3) is 0.500. The summed E-state index contributed by atoms with van der Waals surface area (Å²) in [5.74, 6) is -1.76. The van der Waals surface area contributed by atoms with E-state index in [1.54, 1.807) is 0 Å². The number of hydrogen-bond donors (Lipinski definition) is 2. The lowest BCUT2D eigenvalue weighted by Gasteiger charge is -2.16. The third-order valence-electron chi connectivity index (χ3n) is 3.76. The molecule has 2 rings (SSSR count). The molecule has 2 N–H and O–H groups in total. The number of benzene rings is 1. The average Bonchev–Trinajstić information content (AvgIpc) is 3.25. The van der Waals surface area contributed by atoms with E-state index in [2.05, 4.69) is 29.4 Å². The van der Waals surface area contributed by atoms with E-state index >= 15 is 0 Å². The van der Waals surface area contributed by atoms with Gasteiger partial charge in [-0.15, -0.1) is 0 Å². The third-order valence-corrected chi connectivity index (χ3v) is 3.76. The van der Waals surface area contributed by atoms with Gasteiger partial charge in [0.15, 0.2) is 0 Å². The van der Waals surface area contributed by atoms with Gasteiger partial charge in [-0.25, -0.2) is 0 Å². The number of amides is 1. The highest BCUT2D eigenvalue weighted by molar-refractivity contribution is 5.89.